The van der Waals surface area contributed by atoms with Crippen molar-refractivity contribution in [1.82, 2.24) is 5.48 Å². The maximum Gasteiger partial charge on any atom is 0.284 e. The summed E-state index contributed by atoms with van der Waals surface area (Å²) in [6.45, 7) is 6.19. The van der Waals surface area contributed by atoms with E-state index in [0.717, 1.165) is 0 Å². The summed E-state index contributed by atoms with van der Waals surface area (Å²) in [5.74, 6) is 0.758. The Morgan fingerprint density at radius 2 is 1.88 bits per heavy atom. The summed E-state index contributed by atoms with van der Waals surface area (Å²) in [5.41, 5.74) is 2.37. The minimum absolute atomic E-state index is 0.283. The lowest BCUT2D eigenvalue weighted by molar-refractivity contribution is -0.140. The second-order valence-corrected chi connectivity index (χ2v) is 4.24. The summed E-state index contributed by atoms with van der Waals surface area (Å²) < 4.78 is 5.44. The van der Waals surface area contributed by atoms with Crippen LogP contribution in [0.25, 0.3) is 0 Å². The van der Waals surface area contributed by atoms with Crippen LogP contribution in [0.1, 0.15) is 20.8 Å². The van der Waals surface area contributed by atoms with Crippen LogP contribution in [0.4, 0.5) is 0 Å². The molecule has 4 heteroatoms. The molecule has 0 saturated carbocycles. The monoisotopic (exact) mass is 237 g/mol. The zero-order valence-corrected chi connectivity index (χ0v) is 10.5. The Bertz CT molecular complexity index is 338. The third-order valence-electron chi connectivity index (χ3n) is 2.01. The van der Waals surface area contributed by atoms with Crippen LogP contribution in [0.3, 0.4) is 0 Å². The van der Waals surface area contributed by atoms with Crippen molar-refractivity contribution in [2.45, 2.75) is 26.9 Å². The zero-order valence-electron chi connectivity index (χ0n) is 10.5. The van der Waals surface area contributed by atoms with Crippen LogP contribution >= 0.6 is 0 Å². The van der Waals surface area contributed by atoms with Crippen LogP contribution in [-0.4, -0.2) is 18.6 Å². The Hall–Kier alpha value is -1.55. The number of benzene rings is 1. The summed E-state index contributed by atoms with van der Waals surface area (Å²) >= 11 is 0. The SMILES string of the molecule is CC(C)CONC(=O)C(C)Oc1ccccc1. The molecule has 1 atom stereocenters. The van der Waals surface area contributed by atoms with Crippen molar-refractivity contribution in [3.8, 4) is 5.75 Å². The molecule has 1 rings (SSSR count). The van der Waals surface area contributed by atoms with E-state index in [0.29, 0.717) is 18.3 Å². The number of carbonyl (C=O) groups is 1. The van der Waals surface area contributed by atoms with Gasteiger partial charge in [0.1, 0.15) is 5.75 Å². The molecule has 4 nitrogen and oxygen atoms in total. The highest BCUT2D eigenvalue weighted by Crippen LogP contribution is 2.10. The zero-order chi connectivity index (χ0) is 12.7. The highest BCUT2D eigenvalue weighted by molar-refractivity contribution is 5.79. The molecule has 0 spiro atoms. The van der Waals surface area contributed by atoms with E-state index in [-0.39, 0.29) is 5.91 Å². The topological polar surface area (TPSA) is 47.6 Å². The molecule has 1 amide bonds. The lowest BCUT2D eigenvalue weighted by atomic mass is 10.2. The van der Waals surface area contributed by atoms with E-state index in [1.165, 1.54) is 0 Å². The maximum atomic E-state index is 11.6. The van der Waals surface area contributed by atoms with Crippen LogP contribution in [-0.2, 0) is 9.63 Å². The fourth-order valence-corrected chi connectivity index (χ4v) is 1.12. The molecule has 0 heterocycles. The van der Waals surface area contributed by atoms with Gasteiger partial charge in [-0.25, -0.2) is 5.48 Å². The Morgan fingerprint density at radius 1 is 1.24 bits per heavy atom. The largest absolute Gasteiger partial charge is 0.481 e. The molecule has 17 heavy (non-hydrogen) atoms. The van der Waals surface area contributed by atoms with Crippen molar-refractivity contribution in [3.63, 3.8) is 0 Å². The number of hydrogen-bond acceptors (Lipinski definition) is 3. The minimum atomic E-state index is -0.579. The second-order valence-electron chi connectivity index (χ2n) is 4.24. The van der Waals surface area contributed by atoms with Crippen LogP contribution in [0, 0.1) is 5.92 Å². The fraction of sp³-hybridized carbons (Fsp3) is 0.462. The Kier molecular flexibility index (Phi) is 5.49. The van der Waals surface area contributed by atoms with Crippen molar-refractivity contribution >= 4 is 5.91 Å². The van der Waals surface area contributed by atoms with E-state index in [1.807, 2.05) is 32.0 Å². The average Bonchev–Trinajstić information content (AvgIpc) is 2.29. The summed E-state index contributed by atoms with van der Waals surface area (Å²) in [5, 5.41) is 0. The first-order valence-corrected chi connectivity index (χ1v) is 5.73. The maximum absolute atomic E-state index is 11.6. The van der Waals surface area contributed by atoms with Gasteiger partial charge >= 0.3 is 0 Å². The predicted octanol–water partition coefficient (Wildman–Crippen LogP) is 2.16. The van der Waals surface area contributed by atoms with E-state index in [1.54, 1.807) is 19.1 Å². The van der Waals surface area contributed by atoms with Crippen LogP contribution in [0.15, 0.2) is 30.3 Å². The van der Waals surface area contributed by atoms with Crippen LogP contribution in [0.2, 0.25) is 0 Å². The third kappa shape index (κ3) is 5.36. The Morgan fingerprint density at radius 3 is 2.47 bits per heavy atom. The van der Waals surface area contributed by atoms with E-state index in [4.69, 9.17) is 9.57 Å². The summed E-state index contributed by atoms with van der Waals surface area (Å²) in [4.78, 5) is 16.6. The van der Waals surface area contributed by atoms with Gasteiger partial charge in [-0.05, 0) is 25.0 Å². The molecule has 0 fully saturated rings. The van der Waals surface area contributed by atoms with Crippen LogP contribution < -0.4 is 10.2 Å². The number of hydroxylamine groups is 1. The van der Waals surface area contributed by atoms with Crippen molar-refractivity contribution in [2.24, 2.45) is 5.92 Å². The normalized spacial score (nSPS) is 12.2. The van der Waals surface area contributed by atoms with E-state index < -0.39 is 6.10 Å². The molecule has 0 radical (unpaired) electrons. The molecule has 1 aromatic rings. The number of amides is 1. The van der Waals surface area contributed by atoms with Gasteiger partial charge in [0, 0.05) is 0 Å². The molecule has 94 valence electrons. The fourth-order valence-electron chi connectivity index (χ4n) is 1.12. The molecule has 1 N–H and O–H groups in total. The molecule has 0 aliphatic rings. The predicted molar refractivity (Wildman–Crippen MR) is 65.5 cm³/mol. The van der Waals surface area contributed by atoms with E-state index in [9.17, 15) is 4.79 Å². The third-order valence-corrected chi connectivity index (χ3v) is 2.01. The first-order valence-electron chi connectivity index (χ1n) is 5.73. The second kappa shape index (κ2) is 6.91. The summed E-state index contributed by atoms with van der Waals surface area (Å²) in [6, 6.07) is 9.21. The molecule has 1 unspecified atom stereocenters. The van der Waals surface area contributed by atoms with E-state index in [2.05, 4.69) is 5.48 Å². The number of hydrogen-bond donors (Lipinski definition) is 1. The van der Waals surface area contributed by atoms with Gasteiger partial charge in [-0.2, -0.15) is 0 Å². The van der Waals surface area contributed by atoms with E-state index >= 15 is 0 Å². The van der Waals surface area contributed by atoms with Gasteiger partial charge in [-0.1, -0.05) is 32.0 Å². The van der Waals surface area contributed by atoms with Crippen molar-refractivity contribution < 1.29 is 14.4 Å². The van der Waals surface area contributed by atoms with Crippen molar-refractivity contribution in [2.75, 3.05) is 6.61 Å². The Balaban J connectivity index is 2.32. The quantitative estimate of drug-likeness (QED) is 0.771. The standard InChI is InChI=1S/C13H19NO3/c1-10(2)9-16-14-13(15)11(3)17-12-7-5-4-6-8-12/h4-8,10-11H,9H2,1-3H3,(H,14,15). The van der Waals surface area contributed by atoms with Gasteiger partial charge in [0.15, 0.2) is 6.10 Å². The average molecular weight is 237 g/mol. The molecular formula is C13H19NO3. The van der Waals surface area contributed by atoms with Gasteiger partial charge in [0.05, 0.1) is 6.61 Å². The number of ether oxygens (including phenoxy) is 1. The van der Waals surface area contributed by atoms with Crippen molar-refractivity contribution in [1.29, 1.82) is 0 Å². The van der Waals surface area contributed by atoms with Gasteiger partial charge in [-0.15, -0.1) is 0 Å². The molecule has 0 aliphatic heterocycles. The number of para-hydroxylation sites is 1. The summed E-state index contributed by atoms with van der Waals surface area (Å²) in [6.07, 6.45) is -0.579. The minimum Gasteiger partial charge on any atom is -0.481 e. The molecule has 0 bridgehead atoms. The molecule has 0 aromatic heterocycles. The molecule has 0 saturated heterocycles. The van der Waals surface area contributed by atoms with Gasteiger partial charge in [-0.3, -0.25) is 9.63 Å². The van der Waals surface area contributed by atoms with Gasteiger partial charge in [0.25, 0.3) is 5.91 Å². The molecular weight excluding hydrogens is 218 g/mol. The summed E-state index contributed by atoms with van der Waals surface area (Å²) in [7, 11) is 0. The first kappa shape index (κ1) is 13.5. The van der Waals surface area contributed by atoms with Crippen molar-refractivity contribution in [3.05, 3.63) is 30.3 Å². The smallest absolute Gasteiger partial charge is 0.284 e. The number of nitrogens with one attached hydrogen (secondary N) is 1. The highest BCUT2D eigenvalue weighted by Gasteiger charge is 2.14. The highest BCUT2D eigenvalue weighted by atomic mass is 16.7. The van der Waals surface area contributed by atoms with Gasteiger partial charge < -0.3 is 4.74 Å². The Labute approximate surface area is 102 Å². The van der Waals surface area contributed by atoms with Crippen LogP contribution in [0.5, 0.6) is 5.75 Å². The number of rotatable bonds is 6. The van der Waals surface area contributed by atoms with Gasteiger partial charge in [0.2, 0.25) is 0 Å². The lowest BCUT2D eigenvalue weighted by Gasteiger charge is -2.14. The lowest BCUT2D eigenvalue weighted by Crippen LogP contribution is -2.37. The number of carbonyl (C=O) groups excluding carboxylic acids is 1. The molecule has 1 aromatic carbocycles. The molecule has 0 aliphatic carbocycles. The first-order chi connectivity index (χ1) is 8.09.